The summed E-state index contributed by atoms with van der Waals surface area (Å²) in [6, 6.07) is 10.7. The van der Waals surface area contributed by atoms with Crippen molar-refractivity contribution in [3.63, 3.8) is 0 Å². The Kier molecular flexibility index (Phi) is 5.86. The fraction of sp³-hybridized carbons (Fsp3) is 0.355. The summed E-state index contributed by atoms with van der Waals surface area (Å²) in [4.78, 5) is 25.4. The Bertz CT molecular complexity index is 1960. The third kappa shape index (κ3) is 5.41. The lowest BCUT2D eigenvalue weighted by atomic mass is 10.1. The minimum absolute atomic E-state index is 0.00485. The van der Waals surface area contributed by atoms with Crippen molar-refractivity contribution in [2.24, 2.45) is 11.8 Å². The van der Waals surface area contributed by atoms with Gasteiger partial charge in [0.25, 0.3) is 0 Å². The van der Waals surface area contributed by atoms with E-state index in [1.54, 1.807) is 54.2 Å². The first-order valence-electron chi connectivity index (χ1n) is 16.2. The normalized spacial score (nSPS) is 19.8. The van der Waals surface area contributed by atoms with E-state index in [0.29, 0.717) is 72.1 Å². The van der Waals surface area contributed by atoms with Gasteiger partial charge in [-0.05, 0) is 48.2 Å². The molecule has 1 aromatic carbocycles. The molecule has 12 nitrogen and oxygen atoms in total. The van der Waals surface area contributed by atoms with Crippen molar-refractivity contribution in [3.8, 4) is 17.1 Å². The van der Waals surface area contributed by atoms with Crippen molar-refractivity contribution in [2.45, 2.75) is 19.9 Å². The number of pyridine rings is 2. The van der Waals surface area contributed by atoms with E-state index in [2.05, 4.69) is 25.4 Å². The number of benzene rings is 1. The predicted octanol–water partition coefficient (Wildman–Crippen LogP) is 3.81. The predicted molar refractivity (Wildman–Crippen MR) is 163 cm³/mol. The first-order valence-corrected chi connectivity index (χ1v) is 14.2. The fourth-order valence-corrected chi connectivity index (χ4v) is 5.26. The van der Waals surface area contributed by atoms with E-state index < -0.39 is 6.98 Å². The van der Waals surface area contributed by atoms with Crippen LogP contribution in [0.5, 0.6) is 5.75 Å². The molecule has 0 bridgehead atoms. The zero-order chi connectivity index (χ0) is 32.9. The van der Waals surface area contributed by atoms with Crippen LogP contribution in [0.2, 0.25) is 0 Å². The van der Waals surface area contributed by atoms with Crippen LogP contribution in [0, 0.1) is 11.8 Å². The highest BCUT2D eigenvalue weighted by Crippen LogP contribution is 2.39. The third-order valence-electron chi connectivity index (χ3n) is 7.91. The summed E-state index contributed by atoms with van der Waals surface area (Å²) in [5, 5.41) is 16.7. The monoisotopic (exact) mass is 583 g/mol. The maximum absolute atomic E-state index is 12.8. The molecule has 7 rings (SSSR count). The Hall–Kier alpha value is -4.84. The number of carbonyl (C=O) groups excluding carboxylic acids is 1. The van der Waals surface area contributed by atoms with Crippen LogP contribution in [0.4, 0.5) is 17.3 Å². The second-order valence-electron chi connectivity index (χ2n) is 10.9. The number of anilines is 3. The third-order valence-corrected chi connectivity index (χ3v) is 7.91. The Labute approximate surface area is 254 Å². The lowest BCUT2D eigenvalue weighted by molar-refractivity contribution is -0.117. The van der Waals surface area contributed by atoms with Gasteiger partial charge in [-0.25, -0.2) is 14.5 Å². The van der Waals surface area contributed by atoms with E-state index in [1.807, 2.05) is 6.92 Å². The zero-order valence-corrected chi connectivity index (χ0v) is 23.8. The number of aromatic nitrogens is 6. The van der Waals surface area contributed by atoms with Gasteiger partial charge in [0.05, 0.1) is 33.6 Å². The summed E-state index contributed by atoms with van der Waals surface area (Å²) >= 11 is 0. The van der Waals surface area contributed by atoms with Gasteiger partial charge in [-0.2, -0.15) is 0 Å². The summed E-state index contributed by atoms with van der Waals surface area (Å²) in [7, 11) is 1.56. The zero-order valence-electron chi connectivity index (χ0n) is 27.8. The molecule has 0 unspecified atom stereocenters. The highest BCUT2D eigenvalue weighted by Gasteiger charge is 2.39. The average molecular weight is 584 g/mol. The minimum Gasteiger partial charge on any atom is -0.497 e. The number of methoxy groups -OCH3 is 1. The molecule has 12 heteroatoms. The Morgan fingerprint density at radius 3 is 2.79 bits per heavy atom. The Morgan fingerprint density at radius 1 is 1.23 bits per heavy atom. The molecule has 0 radical (unpaired) electrons. The molecule has 1 N–H and O–H groups in total. The molecule has 0 spiro atoms. The number of hydrogen-bond donors (Lipinski definition) is 1. The molecule has 2 aliphatic rings. The maximum Gasteiger partial charge on any atom is 0.228 e. The van der Waals surface area contributed by atoms with Gasteiger partial charge in [0.2, 0.25) is 5.91 Å². The van der Waals surface area contributed by atoms with Crippen molar-refractivity contribution in [3.05, 3.63) is 60.4 Å². The van der Waals surface area contributed by atoms with Gasteiger partial charge in [-0.1, -0.05) is 19.1 Å². The van der Waals surface area contributed by atoms with Gasteiger partial charge in [0, 0.05) is 53.8 Å². The van der Waals surface area contributed by atoms with Crippen LogP contribution < -0.4 is 19.9 Å². The van der Waals surface area contributed by atoms with E-state index in [1.165, 1.54) is 11.1 Å². The Morgan fingerprint density at radius 2 is 2.05 bits per heavy atom. The number of amides is 1. The van der Waals surface area contributed by atoms with Crippen molar-refractivity contribution in [2.75, 3.05) is 55.5 Å². The fourth-order valence-electron chi connectivity index (χ4n) is 5.26. The van der Waals surface area contributed by atoms with Gasteiger partial charge in [0.15, 0.2) is 23.1 Å². The molecule has 1 saturated heterocycles. The maximum atomic E-state index is 12.8. The number of morpholine rings is 1. The van der Waals surface area contributed by atoms with E-state index in [0.717, 1.165) is 12.0 Å². The number of ether oxygens (including phenoxy) is 2. The number of rotatable bonds is 8. The number of hydrogen-bond acceptors (Lipinski definition) is 10. The summed E-state index contributed by atoms with van der Waals surface area (Å²) in [6.45, 7) is 1.92. The molecular weight excluding hydrogens is 546 g/mol. The molecule has 2 fully saturated rings. The van der Waals surface area contributed by atoms with E-state index in [4.69, 9.17) is 25.0 Å². The lowest BCUT2D eigenvalue weighted by Gasteiger charge is -2.28. The lowest BCUT2D eigenvalue weighted by Crippen LogP contribution is -2.36. The summed E-state index contributed by atoms with van der Waals surface area (Å²) in [5.74, 6) is 1.33. The van der Waals surface area contributed by atoms with Crippen molar-refractivity contribution >= 4 is 39.8 Å². The number of nitrogens with one attached hydrogen (secondary N) is 1. The minimum atomic E-state index is -2.58. The van der Waals surface area contributed by atoms with Crippen LogP contribution in [0.3, 0.4) is 0 Å². The largest absolute Gasteiger partial charge is 0.497 e. The number of carbonyl (C=O) groups is 1. The van der Waals surface area contributed by atoms with Crippen LogP contribution in [-0.2, 0) is 16.1 Å². The molecule has 4 aromatic heterocycles. The quantitative estimate of drug-likeness (QED) is 0.288. The van der Waals surface area contributed by atoms with E-state index >= 15 is 0 Å². The van der Waals surface area contributed by atoms with Crippen LogP contribution in [0.1, 0.15) is 24.4 Å². The topological polar surface area (TPSA) is 123 Å². The SMILES string of the molecule is [2H]c1cc2nc(-c3cnc(N(Cc4ccc(OC)cc4)C([2H])([2H])[2H])c4nnc(NC(=O)[C@H]5C[C@H]5C)cc34)nn2cc1N1CCOCC1. The smallest absolute Gasteiger partial charge is 0.228 e. The number of fused-ring (bicyclic) bond motifs is 2. The van der Waals surface area contributed by atoms with E-state index in [-0.39, 0.29) is 35.5 Å². The van der Waals surface area contributed by atoms with Crippen molar-refractivity contribution in [1.29, 1.82) is 0 Å². The molecule has 1 aliphatic carbocycles. The Balaban J connectivity index is 1.33. The van der Waals surface area contributed by atoms with Crippen molar-refractivity contribution in [1.82, 2.24) is 29.8 Å². The first-order chi connectivity index (χ1) is 22.6. The summed E-state index contributed by atoms with van der Waals surface area (Å²) in [6.07, 6.45) is 4.09. The van der Waals surface area contributed by atoms with Crippen LogP contribution in [0.15, 0.2) is 54.8 Å². The molecule has 5 heterocycles. The molecule has 1 aliphatic heterocycles. The standard InChI is InChI=1S/C31H33N9O3/c1-19-14-23(19)31(41)33-26-15-24-25(29-34-27-9-6-21(18-40(27)37-29)39-10-12-43-13-11-39)16-32-30(28(24)36-35-26)38(2)17-20-4-7-22(42-3)8-5-20/h4-9,15-16,18-19,23H,10-14,17H2,1-3H3,(H,33,35,41)/t19-,23+/m1/s1/i2D3,6D. The van der Waals surface area contributed by atoms with Crippen molar-refractivity contribution < 1.29 is 19.8 Å². The second kappa shape index (κ2) is 11.1. The van der Waals surface area contributed by atoms with Gasteiger partial charge >= 0.3 is 0 Å². The van der Waals surface area contributed by atoms with Crippen LogP contribution in [-0.4, -0.2) is 76.1 Å². The van der Waals surface area contributed by atoms with Crippen LogP contribution in [0.25, 0.3) is 27.9 Å². The summed E-state index contributed by atoms with van der Waals surface area (Å²) < 4.78 is 46.1. The summed E-state index contributed by atoms with van der Waals surface area (Å²) in [5.41, 5.74) is 2.57. The van der Waals surface area contributed by atoms with E-state index in [9.17, 15) is 4.79 Å². The van der Waals surface area contributed by atoms with Gasteiger partial charge in [0.1, 0.15) is 11.3 Å². The molecule has 5 aromatic rings. The van der Waals surface area contributed by atoms with Gasteiger partial charge in [-0.3, -0.25) is 4.79 Å². The molecule has 1 saturated carbocycles. The molecule has 2 atom stereocenters. The molecule has 1 amide bonds. The highest BCUT2D eigenvalue weighted by molar-refractivity contribution is 6.01. The van der Waals surface area contributed by atoms with Gasteiger partial charge in [-0.15, -0.1) is 15.3 Å². The number of nitrogens with zero attached hydrogens (tertiary/aromatic N) is 8. The average Bonchev–Trinajstić information content (AvgIpc) is 3.66. The molecule has 220 valence electrons. The van der Waals surface area contributed by atoms with Gasteiger partial charge < -0.3 is 24.6 Å². The highest BCUT2D eigenvalue weighted by atomic mass is 16.5. The second-order valence-corrected chi connectivity index (χ2v) is 10.9. The molecular formula is C31H33N9O3. The molecule has 43 heavy (non-hydrogen) atoms. The first kappa shape index (κ1) is 22.7. The van der Waals surface area contributed by atoms with Crippen LogP contribution >= 0.6 is 0 Å².